The summed E-state index contributed by atoms with van der Waals surface area (Å²) in [6.07, 6.45) is 0. The smallest absolute Gasteiger partial charge is 0.230 e. The minimum absolute atomic E-state index is 0.128. The Morgan fingerprint density at radius 1 is 1.26 bits per heavy atom. The van der Waals surface area contributed by atoms with E-state index in [1.807, 2.05) is 49.4 Å². The van der Waals surface area contributed by atoms with Crippen LogP contribution in [0.3, 0.4) is 0 Å². The zero-order valence-electron chi connectivity index (χ0n) is 14.8. The van der Waals surface area contributed by atoms with Gasteiger partial charge in [0.1, 0.15) is 5.75 Å². The Balaban J connectivity index is 1.61. The van der Waals surface area contributed by atoms with Crippen molar-refractivity contribution in [2.45, 2.75) is 18.1 Å². The van der Waals surface area contributed by atoms with E-state index in [1.165, 1.54) is 11.8 Å². The van der Waals surface area contributed by atoms with Gasteiger partial charge in [0.25, 0.3) is 0 Å². The predicted molar refractivity (Wildman–Crippen MR) is 104 cm³/mol. The van der Waals surface area contributed by atoms with Crippen LogP contribution in [0.4, 0.5) is 0 Å². The third-order valence-electron chi connectivity index (χ3n) is 3.84. The lowest BCUT2D eigenvalue weighted by Gasteiger charge is -2.15. The number of nitrogens with one attached hydrogen (secondary N) is 1. The van der Waals surface area contributed by atoms with Crippen LogP contribution in [-0.4, -0.2) is 39.0 Å². The molecule has 0 radical (unpaired) electrons. The summed E-state index contributed by atoms with van der Waals surface area (Å²) in [5.74, 6) is 0.802. The third-order valence-corrected chi connectivity index (χ3v) is 5.10. The van der Waals surface area contributed by atoms with E-state index in [0.29, 0.717) is 10.2 Å². The van der Waals surface area contributed by atoms with Crippen LogP contribution in [0, 0.1) is 0 Å². The van der Waals surface area contributed by atoms with Gasteiger partial charge < -0.3 is 10.1 Å². The molecule has 27 heavy (non-hydrogen) atoms. The second-order valence-corrected chi connectivity index (χ2v) is 7.02. The summed E-state index contributed by atoms with van der Waals surface area (Å²) in [6.45, 7) is 1.89. The normalized spacial score (nSPS) is 11.8. The summed E-state index contributed by atoms with van der Waals surface area (Å²) in [5, 5.41) is 15.8. The van der Waals surface area contributed by atoms with Crippen molar-refractivity contribution in [3.05, 3.63) is 59.1 Å². The number of hydrogen-bond donors (Lipinski definition) is 1. The number of thioether (sulfide) groups is 1. The molecule has 0 aliphatic heterocycles. The largest absolute Gasteiger partial charge is 0.497 e. The molecule has 0 spiro atoms. The quantitative estimate of drug-likeness (QED) is 0.609. The third kappa shape index (κ3) is 4.78. The number of carbonyl (C=O) groups is 1. The first-order chi connectivity index (χ1) is 13.1. The lowest BCUT2D eigenvalue weighted by molar-refractivity contribution is -0.119. The van der Waals surface area contributed by atoms with Crippen LogP contribution in [0.2, 0.25) is 5.02 Å². The first-order valence-electron chi connectivity index (χ1n) is 8.18. The van der Waals surface area contributed by atoms with Crippen molar-refractivity contribution < 1.29 is 9.53 Å². The SMILES string of the molecule is COc1ccc(-n2nnnc2SCC(=O)N[C@H](C)c2ccccc2Cl)cc1. The van der Waals surface area contributed by atoms with Gasteiger partial charge in [-0.3, -0.25) is 4.79 Å². The van der Waals surface area contributed by atoms with Crippen molar-refractivity contribution in [1.82, 2.24) is 25.5 Å². The Morgan fingerprint density at radius 3 is 2.70 bits per heavy atom. The van der Waals surface area contributed by atoms with E-state index >= 15 is 0 Å². The molecule has 7 nitrogen and oxygen atoms in total. The molecule has 1 heterocycles. The van der Waals surface area contributed by atoms with Gasteiger partial charge in [-0.2, -0.15) is 4.68 Å². The van der Waals surface area contributed by atoms with E-state index in [4.69, 9.17) is 16.3 Å². The van der Waals surface area contributed by atoms with Crippen LogP contribution in [0.5, 0.6) is 5.75 Å². The summed E-state index contributed by atoms with van der Waals surface area (Å²) >= 11 is 7.43. The van der Waals surface area contributed by atoms with Gasteiger partial charge >= 0.3 is 0 Å². The highest BCUT2D eigenvalue weighted by atomic mass is 35.5. The molecule has 0 bridgehead atoms. The van der Waals surface area contributed by atoms with E-state index in [1.54, 1.807) is 17.9 Å². The maximum atomic E-state index is 12.3. The number of amides is 1. The molecule has 0 aliphatic rings. The van der Waals surface area contributed by atoms with Gasteiger partial charge in [-0.15, -0.1) is 5.10 Å². The van der Waals surface area contributed by atoms with Crippen molar-refractivity contribution in [3.63, 3.8) is 0 Å². The van der Waals surface area contributed by atoms with Crippen LogP contribution >= 0.6 is 23.4 Å². The molecule has 1 N–H and O–H groups in total. The number of tetrazole rings is 1. The zero-order valence-corrected chi connectivity index (χ0v) is 16.4. The highest BCUT2D eigenvalue weighted by Crippen LogP contribution is 2.23. The maximum Gasteiger partial charge on any atom is 0.230 e. The standard InChI is InChI=1S/C18H18ClN5O2S/c1-12(15-5-3-4-6-16(15)19)20-17(25)11-27-18-21-22-23-24(18)13-7-9-14(26-2)10-8-13/h3-10,12H,11H2,1-2H3,(H,20,25)/t12-/m1/s1. The second-order valence-electron chi connectivity index (χ2n) is 5.67. The van der Waals surface area contributed by atoms with E-state index in [0.717, 1.165) is 17.0 Å². The fraction of sp³-hybridized carbons (Fsp3) is 0.222. The summed E-state index contributed by atoms with van der Waals surface area (Å²) < 4.78 is 6.73. The second kappa shape index (κ2) is 8.88. The zero-order chi connectivity index (χ0) is 19.2. The molecule has 1 atom stereocenters. The monoisotopic (exact) mass is 403 g/mol. The molecule has 0 saturated heterocycles. The molecule has 3 rings (SSSR count). The van der Waals surface area contributed by atoms with E-state index in [2.05, 4.69) is 20.8 Å². The molecule has 1 aromatic heterocycles. The Kier molecular flexibility index (Phi) is 6.31. The molecule has 0 saturated carbocycles. The summed E-state index contributed by atoms with van der Waals surface area (Å²) in [7, 11) is 1.61. The van der Waals surface area contributed by atoms with E-state index in [-0.39, 0.29) is 17.7 Å². The summed E-state index contributed by atoms with van der Waals surface area (Å²) in [5.41, 5.74) is 1.66. The first-order valence-corrected chi connectivity index (χ1v) is 9.54. The van der Waals surface area contributed by atoms with Gasteiger partial charge in [-0.25, -0.2) is 0 Å². The molecule has 9 heteroatoms. The molecule has 0 fully saturated rings. The van der Waals surface area contributed by atoms with Gasteiger partial charge in [-0.05, 0) is 53.2 Å². The maximum absolute atomic E-state index is 12.3. The molecule has 3 aromatic rings. The molecular weight excluding hydrogens is 386 g/mol. The Bertz CT molecular complexity index is 916. The Hall–Kier alpha value is -2.58. The fourth-order valence-corrected chi connectivity index (χ4v) is 3.47. The van der Waals surface area contributed by atoms with Crippen molar-refractivity contribution in [2.24, 2.45) is 0 Å². The first kappa shape index (κ1) is 19.2. The highest BCUT2D eigenvalue weighted by molar-refractivity contribution is 7.99. The predicted octanol–water partition coefficient (Wildman–Crippen LogP) is 3.29. The summed E-state index contributed by atoms with van der Waals surface area (Å²) in [6, 6.07) is 14.6. The van der Waals surface area contributed by atoms with Crippen molar-refractivity contribution >= 4 is 29.3 Å². The number of ether oxygens (including phenoxy) is 1. The minimum atomic E-state index is -0.190. The minimum Gasteiger partial charge on any atom is -0.497 e. The number of carbonyl (C=O) groups excluding carboxylic acids is 1. The van der Waals surface area contributed by atoms with Crippen LogP contribution < -0.4 is 10.1 Å². The van der Waals surface area contributed by atoms with Gasteiger partial charge in [-0.1, -0.05) is 41.6 Å². The van der Waals surface area contributed by atoms with Crippen molar-refractivity contribution in [3.8, 4) is 11.4 Å². The highest BCUT2D eigenvalue weighted by Gasteiger charge is 2.15. The van der Waals surface area contributed by atoms with Gasteiger partial charge in [0.15, 0.2) is 0 Å². The lowest BCUT2D eigenvalue weighted by Crippen LogP contribution is -2.28. The molecular formula is C18H18ClN5O2S. The fourth-order valence-electron chi connectivity index (χ4n) is 2.47. The molecule has 2 aromatic carbocycles. The van der Waals surface area contributed by atoms with Crippen molar-refractivity contribution in [2.75, 3.05) is 12.9 Å². The lowest BCUT2D eigenvalue weighted by atomic mass is 10.1. The topological polar surface area (TPSA) is 81.9 Å². The Morgan fingerprint density at radius 2 is 2.00 bits per heavy atom. The van der Waals surface area contributed by atoms with Gasteiger partial charge in [0, 0.05) is 5.02 Å². The molecule has 1 amide bonds. The molecule has 0 aliphatic carbocycles. The van der Waals surface area contributed by atoms with Gasteiger partial charge in [0.2, 0.25) is 11.1 Å². The number of methoxy groups -OCH3 is 1. The number of halogens is 1. The van der Waals surface area contributed by atoms with E-state index < -0.39 is 0 Å². The number of rotatable bonds is 7. The average molecular weight is 404 g/mol. The Labute approximate surface area is 166 Å². The summed E-state index contributed by atoms with van der Waals surface area (Å²) in [4.78, 5) is 12.3. The van der Waals surface area contributed by atoms with Crippen LogP contribution in [0.1, 0.15) is 18.5 Å². The number of nitrogens with zero attached hydrogens (tertiary/aromatic N) is 4. The van der Waals surface area contributed by atoms with Crippen LogP contribution in [0.15, 0.2) is 53.7 Å². The van der Waals surface area contributed by atoms with Crippen LogP contribution in [-0.2, 0) is 4.79 Å². The van der Waals surface area contributed by atoms with Crippen LogP contribution in [0.25, 0.3) is 5.69 Å². The molecule has 140 valence electrons. The number of benzene rings is 2. The van der Waals surface area contributed by atoms with Crippen molar-refractivity contribution in [1.29, 1.82) is 0 Å². The number of hydrogen-bond acceptors (Lipinski definition) is 6. The van der Waals surface area contributed by atoms with Gasteiger partial charge in [0.05, 0.1) is 24.6 Å². The van der Waals surface area contributed by atoms with E-state index in [9.17, 15) is 4.79 Å². The molecule has 0 unspecified atom stereocenters. The average Bonchev–Trinajstić information content (AvgIpc) is 3.15. The number of aromatic nitrogens is 4.